The molecule has 1 fully saturated rings. The van der Waals surface area contributed by atoms with Crippen LogP contribution in [0.2, 0.25) is 0 Å². The Bertz CT molecular complexity index is 464. The van der Waals surface area contributed by atoms with Crippen LogP contribution in [0.4, 0.5) is 0 Å². The second-order valence-electron chi connectivity index (χ2n) is 6.30. The van der Waals surface area contributed by atoms with E-state index in [4.69, 9.17) is 0 Å². The van der Waals surface area contributed by atoms with Gasteiger partial charge >= 0.3 is 0 Å². The minimum atomic E-state index is 0.413. The normalized spacial score (nSPS) is 18.6. The van der Waals surface area contributed by atoms with Crippen molar-refractivity contribution in [3.8, 4) is 0 Å². The van der Waals surface area contributed by atoms with E-state index in [2.05, 4.69) is 46.3 Å². The van der Waals surface area contributed by atoms with Gasteiger partial charge in [-0.05, 0) is 25.2 Å². The van der Waals surface area contributed by atoms with Crippen LogP contribution in [-0.4, -0.2) is 42.5 Å². The van der Waals surface area contributed by atoms with Crippen LogP contribution in [0, 0.1) is 12.3 Å². The molecular formula is C15H26N4S. The molecule has 0 aliphatic carbocycles. The maximum Gasteiger partial charge on any atom is 0.193 e. The zero-order valence-electron chi connectivity index (χ0n) is 13.1. The van der Waals surface area contributed by atoms with Crippen LogP contribution in [0.3, 0.4) is 0 Å². The lowest BCUT2D eigenvalue weighted by Gasteiger charge is -2.23. The molecule has 112 valence electrons. The number of nitrogens with one attached hydrogen (secondary N) is 1. The Morgan fingerprint density at radius 3 is 2.90 bits per heavy atom. The van der Waals surface area contributed by atoms with Gasteiger partial charge < -0.3 is 10.2 Å². The van der Waals surface area contributed by atoms with Crippen LogP contribution in [0.5, 0.6) is 0 Å². The van der Waals surface area contributed by atoms with Crippen molar-refractivity contribution in [3.63, 3.8) is 0 Å². The van der Waals surface area contributed by atoms with Gasteiger partial charge in [-0.3, -0.25) is 4.99 Å². The van der Waals surface area contributed by atoms with Crippen LogP contribution < -0.4 is 5.32 Å². The van der Waals surface area contributed by atoms with Gasteiger partial charge in [-0.2, -0.15) is 0 Å². The van der Waals surface area contributed by atoms with E-state index in [1.54, 1.807) is 11.3 Å². The molecule has 0 amide bonds. The minimum absolute atomic E-state index is 0.413. The molecule has 0 spiro atoms. The molecule has 0 aromatic carbocycles. The quantitative estimate of drug-likeness (QED) is 0.527. The summed E-state index contributed by atoms with van der Waals surface area (Å²) < 4.78 is 0. The standard InChI is InChI=1S/C15H26N4S/c1-12-10-20-13(18-12)6-5-8-17-14(16-4)19-9-7-15(2,3)11-19/h10H,5-9,11H2,1-4H3,(H,16,17). The third kappa shape index (κ3) is 4.20. The molecule has 1 aromatic rings. The van der Waals surface area contributed by atoms with E-state index in [1.165, 1.54) is 11.4 Å². The first kappa shape index (κ1) is 15.3. The number of aromatic nitrogens is 1. The Morgan fingerprint density at radius 1 is 1.55 bits per heavy atom. The molecule has 5 heteroatoms. The van der Waals surface area contributed by atoms with Gasteiger partial charge in [-0.1, -0.05) is 13.8 Å². The van der Waals surface area contributed by atoms with Crippen molar-refractivity contribution in [2.45, 2.75) is 40.0 Å². The number of thiazole rings is 1. The molecule has 2 heterocycles. The molecule has 1 aliphatic heterocycles. The molecule has 1 N–H and O–H groups in total. The monoisotopic (exact) mass is 294 g/mol. The lowest BCUT2D eigenvalue weighted by molar-refractivity contribution is 0.370. The van der Waals surface area contributed by atoms with E-state index >= 15 is 0 Å². The molecule has 0 radical (unpaired) electrons. The summed E-state index contributed by atoms with van der Waals surface area (Å²) in [5.41, 5.74) is 1.55. The summed E-state index contributed by atoms with van der Waals surface area (Å²) in [5, 5.41) is 6.84. The molecule has 0 unspecified atom stereocenters. The van der Waals surface area contributed by atoms with Gasteiger partial charge in [0.1, 0.15) is 0 Å². The van der Waals surface area contributed by atoms with E-state index in [0.29, 0.717) is 5.41 Å². The van der Waals surface area contributed by atoms with Crippen molar-refractivity contribution in [3.05, 3.63) is 16.1 Å². The number of likely N-dealkylation sites (tertiary alicyclic amines) is 1. The van der Waals surface area contributed by atoms with Gasteiger partial charge in [-0.25, -0.2) is 4.98 Å². The van der Waals surface area contributed by atoms with E-state index in [9.17, 15) is 0 Å². The topological polar surface area (TPSA) is 40.5 Å². The van der Waals surface area contributed by atoms with Gasteiger partial charge in [0.15, 0.2) is 5.96 Å². The maximum absolute atomic E-state index is 4.49. The Balaban J connectivity index is 1.72. The molecular weight excluding hydrogens is 268 g/mol. The predicted octanol–water partition coefficient (Wildman–Crippen LogP) is 2.69. The number of hydrogen-bond donors (Lipinski definition) is 1. The SMILES string of the molecule is CN=C(NCCCc1nc(C)cs1)N1CCC(C)(C)C1. The Kier molecular flexibility index (Phi) is 5.02. The summed E-state index contributed by atoms with van der Waals surface area (Å²) in [6.45, 7) is 9.87. The lowest BCUT2D eigenvalue weighted by Crippen LogP contribution is -2.41. The minimum Gasteiger partial charge on any atom is -0.356 e. The van der Waals surface area contributed by atoms with Crippen molar-refractivity contribution >= 4 is 17.3 Å². The first-order valence-corrected chi connectivity index (χ1v) is 8.25. The molecule has 1 aromatic heterocycles. The number of rotatable bonds is 4. The summed E-state index contributed by atoms with van der Waals surface area (Å²) in [7, 11) is 1.87. The first-order chi connectivity index (χ1) is 9.50. The van der Waals surface area contributed by atoms with E-state index < -0.39 is 0 Å². The van der Waals surface area contributed by atoms with Crippen LogP contribution in [0.15, 0.2) is 10.4 Å². The largest absolute Gasteiger partial charge is 0.356 e. The lowest BCUT2D eigenvalue weighted by atomic mass is 9.93. The molecule has 1 aliphatic rings. The third-order valence-corrected chi connectivity index (χ3v) is 4.73. The molecule has 0 bridgehead atoms. The predicted molar refractivity (Wildman–Crippen MR) is 86.5 cm³/mol. The fourth-order valence-electron chi connectivity index (χ4n) is 2.58. The maximum atomic E-state index is 4.49. The van der Waals surface area contributed by atoms with Crippen molar-refractivity contribution < 1.29 is 0 Å². The summed E-state index contributed by atoms with van der Waals surface area (Å²) in [6.07, 6.45) is 3.39. The molecule has 0 saturated carbocycles. The smallest absolute Gasteiger partial charge is 0.193 e. The molecule has 20 heavy (non-hydrogen) atoms. The second kappa shape index (κ2) is 6.57. The zero-order chi connectivity index (χ0) is 14.6. The van der Waals surface area contributed by atoms with Gasteiger partial charge in [0.05, 0.1) is 5.01 Å². The Hall–Kier alpha value is -1.10. The summed E-state index contributed by atoms with van der Waals surface area (Å²) in [5.74, 6) is 1.05. The van der Waals surface area contributed by atoms with Gasteiger partial charge in [0.2, 0.25) is 0 Å². The second-order valence-corrected chi connectivity index (χ2v) is 7.24. The molecule has 0 atom stereocenters. The van der Waals surface area contributed by atoms with Crippen molar-refractivity contribution in [2.75, 3.05) is 26.7 Å². The Labute approximate surface area is 126 Å². The third-order valence-electron chi connectivity index (χ3n) is 3.71. The van der Waals surface area contributed by atoms with Crippen LogP contribution in [0.1, 0.15) is 37.4 Å². The fraction of sp³-hybridized carbons (Fsp3) is 0.733. The summed E-state index contributed by atoms with van der Waals surface area (Å²) >= 11 is 1.76. The van der Waals surface area contributed by atoms with E-state index in [1.807, 2.05) is 7.05 Å². The van der Waals surface area contributed by atoms with Crippen LogP contribution in [-0.2, 0) is 6.42 Å². The number of hydrogen-bond acceptors (Lipinski definition) is 3. The summed E-state index contributed by atoms with van der Waals surface area (Å²) in [6, 6.07) is 0. The Morgan fingerprint density at radius 2 is 2.35 bits per heavy atom. The highest BCUT2D eigenvalue weighted by Gasteiger charge is 2.30. The van der Waals surface area contributed by atoms with Gasteiger partial charge in [0.25, 0.3) is 0 Å². The number of aliphatic imine (C=N–C) groups is 1. The van der Waals surface area contributed by atoms with Crippen LogP contribution >= 0.6 is 11.3 Å². The molecule has 1 saturated heterocycles. The van der Waals surface area contributed by atoms with Crippen molar-refractivity contribution in [1.29, 1.82) is 0 Å². The summed E-state index contributed by atoms with van der Waals surface area (Å²) in [4.78, 5) is 11.3. The fourth-order valence-corrected chi connectivity index (χ4v) is 3.40. The van der Waals surface area contributed by atoms with Crippen LogP contribution in [0.25, 0.3) is 0 Å². The average Bonchev–Trinajstić information content (AvgIpc) is 2.95. The zero-order valence-corrected chi connectivity index (χ0v) is 13.9. The highest BCUT2D eigenvalue weighted by Crippen LogP contribution is 2.28. The number of nitrogens with zero attached hydrogens (tertiary/aromatic N) is 3. The van der Waals surface area contributed by atoms with E-state index in [0.717, 1.165) is 44.1 Å². The van der Waals surface area contributed by atoms with Gasteiger partial charge in [-0.15, -0.1) is 11.3 Å². The number of aryl methyl sites for hydroxylation is 2. The first-order valence-electron chi connectivity index (χ1n) is 7.37. The molecule has 4 nitrogen and oxygen atoms in total. The van der Waals surface area contributed by atoms with Crippen molar-refractivity contribution in [1.82, 2.24) is 15.2 Å². The molecule has 2 rings (SSSR count). The highest BCUT2D eigenvalue weighted by molar-refractivity contribution is 7.09. The van der Waals surface area contributed by atoms with Gasteiger partial charge in [0, 0.05) is 44.2 Å². The average molecular weight is 294 g/mol. The van der Waals surface area contributed by atoms with Crippen molar-refractivity contribution in [2.24, 2.45) is 10.4 Å². The highest BCUT2D eigenvalue weighted by atomic mass is 32.1. The van der Waals surface area contributed by atoms with E-state index in [-0.39, 0.29) is 0 Å². The number of guanidine groups is 1.